The van der Waals surface area contributed by atoms with Crippen LogP contribution >= 0.6 is 0 Å². The summed E-state index contributed by atoms with van der Waals surface area (Å²) in [4.78, 5) is 15.5. The first-order valence-corrected chi connectivity index (χ1v) is 5.85. The second-order valence-corrected chi connectivity index (χ2v) is 4.26. The maximum atomic E-state index is 14.3. The first kappa shape index (κ1) is 13.2. The summed E-state index contributed by atoms with van der Waals surface area (Å²) in [6.07, 6.45) is 1.41. The molecule has 0 aliphatic heterocycles. The molecule has 0 bridgehead atoms. The zero-order chi connectivity index (χ0) is 14.0. The van der Waals surface area contributed by atoms with Crippen molar-refractivity contribution in [1.82, 2.24) is 4.98 Å². The Kier molecular flexibility index (Phi) is 3.60. The van der Waals surface area contributed by atoms with Crippen molar-refractivity contribution in [1.29, 1.82) is 0 Å². The zero-order valence-corrected chi connectivity index (χ0v) is 11.0. The van der Waals surface area contributed by atoms with Crippen LogP contribution in [0.3, 0.4) is 0 Å². The van der Waals surface area contributed by atoms with Gasteiger partial charge in [-0.25, -0.2) is 9.18 Å². The van der Waals surface area contributed by atoms with Crippen LogP contribution in [0.2, 0.25) is 0 Å². The SMILES string of the molecule is COC(=O)c1ccnc(-c2cccc(C)c2C)c1F. The molecule has 0 amide bonds. The minimum Gasteiger partial charge on any atom is -0.465 e. The van der Waals surface area contributed by atoms with Crippen LogP contribution in [0.5, 0.6) is 0 Å². The number of carbonyl (C=O) groups is 1. The maximum Gasteiger partial charge on any atom is 0.340 e. The molecule has 0 saturated carbocycles. The van der Waals surface area contributed by atoms with E-state index in [0.717, 1.165) is 11.1 Å². The van der Waals surface area contributed by atoms with Gasteiger partial charge in [0.1, 0.15) is 5.69 Å². The molecule has 19 heavy (non-hydrogen) atoms. The van der Waals surface area contributed by atoms with Gasteiger partial charge in [0.2, 0.25) is 0 Å². The Balaban J connectivity index is 2.64. The van der Waals surface area contributed by atoms with Gasteiger partial charge >= 0.3 is 5.97 Å². The maximum absolute atomic E-state index is 14.3. The smallest absolute Gasteiger partial charge is 0.340 e. The fraction of sp³-hybridized carbons (Fsp3) is 0.200. The summed E-state index contributed by atoms with van der Waals surface area (Å²) in [5.41, 5.74) is 2.74. The molecule has 0 unspecified atom stereocenters. The van der Waals surface area contributed by atoms with Gasteiger partial charge in [0, 0.05) is 11.8 Å². The first-order valence-electron chi connectivity index (χ1n) is 5.85. The highest BCUT2D eigenvalue weighted by Crippen LogP contribution is 2.27. The number of carbonyl (C=O) groups excluding carboxylic acids is 1. The summed E-state index contributed by atoms with van der Waals surface area (Å²) < 4.78 is 18.9. The molecule has 98 valence electrons. The molecule has 0 saturated heterocycles. The van der Waals surface area contributed by atoms with Gasteiger partial charge in [-0.05, 0) is 31.0 Å². The number of hydrogen-bond acceptors (Lipinski definition) is 3. The molecule has 3 nitrogen and oxygen atoms in total. The van der Waals surface area contributed by atoms with Crippen molar-refractivity contribution >= 4 is 5.97 Å². The van der Waals surface area contributed by atoms with Crippen LogP contribution in [0, 0.1) is 19.7 Å². The van der Waals surface area contributed by atoms with Crippen LogP contribution in [-0.2, 0) is 4.74 Å². The minimum absolute atomic E-state index is 0.103. The average Bonchev–Trinajstić information content (AvgIpc) is 2.42. The van der Waals surface area contributed by atoms with E-state index in [2.05, 4.69) is 9.72 Å². The predicted molar refractivity (Wildman–Crippen MR) is 70.4 cm³/mol. The van der Waals surface area contributed by atoms with Crippen molar-refractivity contribution in [3.8, 4) is 11.3 Å². The Labute approximate surface area is 111 Å². The molecular weight excluding hydrogens is 245 g/mol. The fourth-order valence-corrected chi connectivity index (χ4v) is 1.91. The first-order chi connectivity index (χ1) is 9.06. The van der Waals surface area contributed by atoms with E-state index in [0.29, 0.717) is 5.56 Å². The van der Waals surface area contributed by atoms with Crippen LogP contribution in [0.25, 0.3) is 11.3 Å². The van der Waals surface area contributed by atoms with E-state index in [-0.39, 0.29) is 11.3 Å². The summed E-state index contributed by atoms with van der Waals surface area (Å²) in [6, 6.07) is 6.88. The Bertz CT molecular complexity index is 638. The Morgan fingerprint density at radius 2 is 2.00 bits per heavy atom. The molecule has 2 aromatic rings. The van der Waals surface area contributed by atoms with Gasteiger partial charge in [-0.15, -0.1) is 0 Å². The molecule has 4 heteroatoms. The highest BCUT2D eigenvalue weighted by molar-refractivity contribution is 5.91. The van der Waals surface area contributed by atoms with Gasteiger partial charge < -0.3 is 4.74 Å². The van der Waals surface area contributed by atoms with E-state index >= 15 is 0 Å². The van der Waals surface area contributed by atoms with Crippen LogP contribution in [-0.4, -0.2) is 18.1 Å². The summed E-state index contributed by atoms with van der Waals surface area (Å²) in [7, 11) is 1.22. The van der Waals surface area contributed by atoms with Gasteiger partial charge in [-0.1, -0.05) is 18.2 Å². The molecule has 0 atom stereocenters. The van der Waals surface area contributed by atoms with E-state index < -0.39 is 11.8 Å². The van der Waals surface area contributed by atoms with Crippen molar-refractivity contribution in [3.05, 3.63) is 53.0 Å². The number of pyridine rings is 1. The quantitative estimate of drug-likeness (QED) is 0.777. The number of ether oxygens (including phenoxy) is 1. The Morgan fingerprint density at radius 1 is 1.26 bits per heavy atom. The summed E-state index contributed by atoms with van der Waals surface area (Å²) in [5, 5.41) is 0. The van der Waals surface area contributed by atoms with Gasteiger partial charge in [-0.2, -0.15) is 0 Å². The summed E-state index contributed by atoms with van der Waals surface area (Å²) >= 11 is 0. The third-order valence-corrected chi connectivity index (χ3v) is 3.15. The van der Waals surface area contributed by atoms with E-state index in [1.165, 1.54) is 19.4 Å². The van der Waals surface area contributed by atoms with Crippen LogP contribution < -0.4 is 0 Å². The van der Waals surface area contributed by atoms with Crippen LogP contribution in [0.15, 0.2) is 30.5 Å². The Morgan fingerprint density at radius 3 is 2.68 bits per heavy atom. The molecule has 1 aromatic heterocycles. The monoisotopic (exact) mass is 259 g/mol. The molecule has 0 aliphatic rings. The molecule has 0 radical (unpaired) electrons. The minimum atomic E-state index is -0.702. The molecule has 0 fully saturated rings. The molecule has 0 spiro atoms. The largest absolute Gasteiger partial charge is 0.465 e. The molecular formula is C15H14FNO2. The number of nitrogens with zero attached hydrogens (tertiary/aromatic N) is 1. The second-order valence-electron chi connectivity index (χ2n) is 4.26. The summed E-state index contributed by atoms with van der Waals surface area (Å²) in [5.74, 6) is -1.35. The third kappa shape index (κ3) is 2.34. The van der Waals surface area contributed by atoms with Crippen molar-refractivity contribution in [2.75, 3.05) is 7.11 Å². The second kappa shape index (κ2) is 5.18. The normalized spacial score (nSPS) is 10.3. The number of methoxy groups -OCH3 is 1. The lowest BCUT2D eigenvalue weighted by atomic mass is 9.99. The molecule has 1 aromatic carbocycles. The molecule has 0 N–H and O–H groups in total. The standard InChI is InChI=1S/C15H14FNO2/c1-9-5-4-6-11(10(9)2)14-13(16)12(7-8-17-14)15(18)19-3/h4-8H,1-3H3. The molecule has 0 aliphatic carbocycles. The van der Waals surface area contributed by atoms with Gasteiger partial charge in [0.15, 0.2) is 5.82 Å². The van der Waals surface area contributed by atoms with Crippen LogP contribution in [0.4, 0.5) is 4.39 Å². The number of benzene rings is 1. The predicted octanol–water partition coefficient (Wildman–Crippen LogP) is 3.29. The van der Waals surface area contributed by atoms with Gasteiger partial charge in [0.05, 0.1) is 12.7 Å². The number of hydrogen-bond donors (Lipinski definition) is 0. The van der Waals surface area contributed by atoms with E-state index in [9.17, 15) is 9.18 Å². The number of rotatable bonds is 2. The number of esters is 1. The van der Waals surface area contributed by atoms with Crippen molar-refractivity contribution < 1.29 is 13.9 Å². The molecule has 2 rings (SSSR count). The van der Waals surface area contributed by atoms with Gasteiger partial charge in [0.25, 0.3) is 0 Å². The number of halogens is 1. The van der Waals surface area contributed by atoms with Gasteiger partial charge in [-0.3, -0.25) is 4.98 Å². The Hall–Kier alpha value is -2.23. The fourth-order valence-electron chi connectivity index (χ4n) is 1.91. The number of aryl methyl sites for hydroxylation is 1. The lowest BCUT2D eigenvalue weighted by molar-refractivity contribution is 0.0595. The summed E-state index contributed by atoms with van der Waals surface area (Å²) in [6.45, 7) is 3.84. The lowest BCUT2D eigenvalue weighted by Crippen LogP contribution is -2.07. The van der Waals surface area contributed by atoms with Crippen molar-refractivity contribution in [2.24, 2.45) is 0 Å². The van der Waals surface area contributed by atoms with E-state index in [1.807, 2.05) is 26.0 Å². The number of aromatic nitrogens is 1. The van der Waals surface area contributed by atoms with Crippen molar-refractivity contribution in [2.45, 2.75) is 13.8 Å². The zero-order valence-electron chi connectivity index (χ0n) is 11.0. The highest BCUT2D eigenvalue weighted by atomic mass is 19.1. The average molecular weight is 259 g/mol. The topological polar surface area (TPSA) is 39.2 Å². The highest BCUT2D eigenvalue weighted by Gasteiger charge is 2.18. The van der Waals surface area contributed by atoms with Crippen molar-refractivity contribution in [3.63, 3.8) is 0 Å². The van der Waals surface area contributed by atoms with Crippen LogP contribution in [0.1, 0.15) is 21.5 Å². The van der Waals surface area contributed by atoms with E-state index in [1.54, 1.807) is 6.07 Å². The third-order valence-electron chi connectivity index (χ3n) is 3.15. The lowest BCUT2D eigenvalue weighted by Gasteiger charge is -2.10. The van der Waals surface area contributed by atoms with E-state index in [4.69, 9.17) is 0 Å². The molecule has 1 heterocycles.